The summed E-state index contributed by atoms with van der Waals surface area (Å²) >= 11 is 1.76. The van der Waals surface area contributed by atoms with Crippen LogP contribution in [0, 0.1) is 6.92 Å². The third-order valence-electron chi connectivity index (χ3n) is 1.56. The van der Waals surface area contributed by atoms with E-state index in [1.54, 1.807) is 17.8 Å². The highest BCUT2D eigenvalue weighted by molar-refractivity contribution is 7.99. The van der Waals surface area contributed by atoms with Crippen molar-refractivity contribution in [2.45, 2.75) is 18.7 Å². The van der Waals surface area contributed by atoms with E-state index in [0.717, 1.165) is 11.3 Å². The number of hydrogen-bond donors (Lipinski definition) is 1. The molecule has 0 saturated carbocycles. The van der Waals surface area contributed by atoms with E-state index in [9.17, 15) is 5.11 Å². The van der Waals surface area contributed by atoms with Gasteiger partial charge in [-0.05, 0) is 24.8 Å². The predicted molar refractivity (Wildman–Crippen MR) is 49.2 cm³/mol. The Morgan fingerprint density at radius 1 is 1.45 bits per heavy atom. The molecule has 0 aliphatic rings. The van der Waals surface area contributed by atoms with Crippen molar-refractivity contribution in [3.05, 3.63) is 23.8 Å². The van der Waals surface area contributed by atoms with E-state index in [1.165, 1.54) is 4.90 Å². The summed E-state index contributed by atoms with van der Waals surface area (Å²) in [6, 6.07) is 5.62. The number of thioether (sulfide) groups is 1. The van der Waals surface area contributed by atoms with Gasteiger partial charge in [-0.1, -0.05) is 13.0 Å². The van der Waals surface area contributed by atoms with Crippen LogP contribution in [0.15, 0.2) is 23.1 Å². The van der Waals surface area contributed by atoms with Crippen LogP contribution in [0.3, 0.4) is 0 Å². The molecule has 0 spiro atoms. The van der Waals surface area contributed by atoms with Crippen LogP contribution in [0.2, 0.25) is 0 Å². The first-order chi connectivity index (χ1) is 5.25. The fraction of sp³-hybridized carbons (Fsp3) is 0.333. The Hall–Kier alpha value is -0.630. The number of hydrogen-bond acceptors (Lipinski definition) is 2. The minimum Gasteiger partial charge on any atom is -0.508 e. The quantitative estimate of drug-likeness (QED) is 0.685. The third-order valence-corrected chi connectivity index (χ3v) is 2.60. The Kier molecular flexibility index (Phi) is 2.83. The zero-order valence-electron chi connectivity index (χ0n) is 6.79. The van der Waals surface area contributed by atoms with Crippen molar-refractivity contribution in [3.63, 3.8) is 0 Å². The van der Waals surface area contributed by atoms with E-state index in [0.29, 0.717) is 5.75 Å². The molecule has 0 heterocycles. The summed E-state index contributed by atoms with van der Waals surface area (Å²) in [5.41, 5.74) is 0.986. The molecule has 0 bridgehead atoms. The van der Waals surface area contributed by atoms with Gasteiger partial charge in [0, 0.05) is 10.5 Å². The number of benzene rings is 1. The Morgan fingerprint density at radius 3 is 2.82 bits per heavy atom. The fourth-order valence-electron chi connectivity index (χ4n) is 0.915. The lowest BCUT2D eigenvalue weighted by atomic mass is 10.2. The maximum absolute atomic E-state index is 9.31. The Balaban J connectivity index is 2.96. The molecule has 0 atom stereocenters. The van der Waals surface area contributed by atoms with Gasteiger partial charge in [0.2, 0.25) is 0 Å². The van der Waals surface area contributed by atoms with E-state index in [2.05, 4.69) is 6.92 Å². The molecular weight excluding hydrogens is 156 g/mol. The summed E-state index contributed by atoms with van der Waals surface area (Å²) in [6.45, 7) is 4.04. The molecule has 0 saturated heterocycles. The molecule has 0 radical (unpaired) electrons. The highest BCUT2D eigenvalue weighted by Gasteiger charge is 2.00. The Bertz CT molecular complexity index is 245. The van der Waals surface area contributed by atoms with E-state index < -0.39 is 0 Å². The smallest absolute Gasteiger partial charge is 0.119 e. The van der Waals surface area contributed by atoms with Gasteiger partial charge in [0.25, 0.3) is 0 Å². The first-order valence-corrected chi connectivity index (χ1v) is 4.65. The van der Waals surface area contributed by atoms with Crippen LogP contribution in [0.1, 0.15) is 12.5 Å². The Morgan fingerprint density at radius 2 is 2.18 bits per heavy atom. The summed E-state index contributed by atoms with van der Waals surface area (Å²) in [5.74, 6) is 1.44. The van der Waals surface area contributed by atoms with Crippen LogP contribution >= 0.6 is 11.8 Å². The van der Waals surface area contributed by atoms with Gasteiger partial charge in [-0.25, -0.2) is 0 Å². The van der Waals surface area contributed by atoms with Crippen molar-refractivity contribution >= 4 is 11.8 Å². The summed E-state index contributed by atoms with van der Waals surface area (Å²) in [6.07, 6.45) is 0. The van der Waals surface area contributed by atoms with Crippen LogP contribution in [0.4, 0.5) is 0 Å². The molecule has 1 aromatic carbocycles. The van der Waals surface area contributed by atoms with Crippen LogP contribution in [0.25, 0.3) is 0 Å². The predicted octanol–water partition coefficient (Wildman–Crippen LogP) is 2.81. The van der Waals surface area contributed by atoms with Crippen molar-refractivity contribution in [1.82, 2.24) is 0 Å². The van der Waals surface area contributed by atoms with E-state index in [1.807, 2.05) is 19.1 Å². The molecule has 1 N–H and O–H groups in total. The van der Waals surface area contributed by atoms with Gasteiger partial charge in [0.1, 0.15) is 5.75 Å². The van der Waals surface area contributed by atoms with Gasteiger partial charge in [-0.2, -0.15) is 0 Å². The molecule has 60 valence electrons. The number of aromatic hydroxyl groups is 1. The number of phenolic OH excluding ortho intramolecular Hbond substituents is 1. The number of rotatable bonds is 2. The molecule has 1 nitrogen and oxygen atoms in total. The van der Waals surface area contributed by atoms with E-state index >= 15 is 0 Å². The minimum absolute atomic E-state index is 0.392. The zero-order chi connectivity index (χ0) is 8.27. The molecule has 0 unspecified atom stereocenters. The van der Waals surface area contributed by atoms with Crippen LogP contribution < -0.4 is 0 Å². The lowest BCUT2D eigenvalue weighted by Gasteiger charge is -2.04. The van der Waals surface area contributed by atoms with Gasteiger partial charge < -0.3 is 5.11 Å². The molecule has 0 aromatic heterocycles. The zero-order valence-corrected chi connectivity index (χ0v) is 7.61. The maximum Gasteiger partial charge on any atom is 0.119 e. The van der Waals surface area contributed by atoms with E-state index in [4.69, 9.17) is 0 Å². The normalized spacial score (nSPS) is 10.0. The largest absolute Gasteiger partial charge is 0.508 e. The molecule has 2 heteroatoms. The molecule has 0 aliphatic carbocycles. The van der Waals surface area contributed by atoms with Crippen LogP contribution in [-0.4, -0.2) is 10.9 Å². The van der Waals surface area contributed by atoms with Crippen LogP contribution in [0.5, 0.6) is 5.75 Å². The lowest BCUT2D eigenvalue weighted by Crippen LogP contribution is -1.80. The summed E-state index contributed by atoms with van der Waals surface area (Å²) in [4.78, 5) is 1.17. The Labute approximate surface area is 71.4 Å². The van der Waals surface area contributed by atoms with Crippen molar-refractivity contribution < 1.29 is 5.11 Å². The summed E-state index contributed by atoms with van der Waals surface area (Å²) in [7, 11) is 0. The first-order valence-electron chi connectivity index (χ1n) is 3.67. The average molecular weight is 168 g/mol. The maximum atomic E-state index is 9.31. The molecule has 1 aromatic rings. The van der Waals surface area contributed by atoms with Gasteiger partial charge in [0.15, 0.2) is 0 Å². The first kappa shape index (κ1) is 8.47. The second-order valence-electron chi connectivity index (χ2n) is 2.33. The van der Waals surface area contributed by atoms with Crippen molar-refractivity contribution in [3.8, 4) is 5.75 Å². The van der Waals surface area contributed by atoms with Crippen molar-refractivity contribution in [1.29, 1.82) is 0 Å². The molecular formula is C9H12OS. The summed E-state index contributed by atoms with van der Waals surface area (Å²) < 4.78 is 0. The SMILES string of the molecule is CCSc1cccc(O)c1C. The molecule has 0 amide bonds. The highest BCUT2D eigenvalue weighted by Crippen LogP contribution is 2.27. The van der Waals surface area contributed by atoms with Crippen molar-refractivity contribution in [2.75, 3.05) is 5.75 Å². The second kappa shape index (κ2) is 3.67. The third kappa shape index (κ3) is 1.90. The standard InChI is InChI=1S/C9H12OS/c1-3-11-9-6-4-5-8(10)7(9)2/h4-6,10H,3H2,1-2H3. The second-order valence-corrected chi connectivity index (χ2v) is 3.64. The molecule has 1 rings (SSSR count). The minimum atomic E-state index is 0.392. The van der Waals surface area contributed by atoms with Gasteiger partial charge >= 0.3 is 0 Å². The number of phenols is 1. The molecule has 11 heavy (non-hydrogen) atoms. The molecule has 0 aliphatic heterocycles. The monoisotopic (exact) mass is 168 g/mol. The fourth-order valence-corrected chi connectivity index (χ4v) is 1.72. The van der Waals surface area contributed by atoms with Crippen molar-refractivity contribution in [2.24, 2.45) is 0 Å². The highest BCUT2D eigenvalue weighted by atomic mass is 32.2. The van der Waals surface area contributed by atoms with E-state index in [-0.39, 0.29) is 0 Å². The molecule has 0 fully saturated rings. The average Bonchev–Trinajstić information content (AvgIpc) is 1.99. The lowest BCUT2D eigenvalue weighted by molar-refractivity contribution is 0.469. The van der Waals surface area contributed by atoms with Gasteiger partial charge in [-0.15, -0.1) is 11.8 Å². The summed E-state index contributed by atoms with van der Waals surface area (Å²) in [5, 5.41) is 9.31. The van der Waals surface area contributed by atoms with Gasteiger partial charge in [-0.3, -0.25) is 0 Å². The topological polar surface area (TPSA) is 20.2 Å². The van der Waals surface area contributed by atoms with Crippen LogP contribution in [-0.2, 0) is 0 Å². The van der Waals surface area contributed by atoms with Gasteiger partial charge in [0.05, 0.1) is 0 Å².